The van der Waals surface area contributed by atoms with Crippen LogP contribution in [0, 0.1) is 5.92 Å². The van der Waals surface area contributed by atoms with Crippen LogP contribution in [-0.2, 0) is 0 Å². The van der Waals surface area contributed by atoms with Crippen LogP contribution in [0.2, 0.25) is 0 Å². The van der Waals surface area contributed by atoms with Crippen LogP contribution in [0.5, 0.6) is 0 Å². The first-order valence-corrected chi connectivity index (χ1v) is 6.07. The second kappa shape index (κ2) is 10.8. The van der Waals surface area contributed by atoms with Gasteiger partial charge in [-0.2, -0.15) is 0 Å². The summed E-state index contributed by atoms with van der Waals surface area (Å²) in [6, 6.07) is 0. The van der Waals surface area contributed by atoms with Gasteiger partial charge >= 0.3 is 0 Å². The van der Waals surface area contributed by atoms with Gasteiger partial charge in [0.15, 0.2) is 0 Å². The van der Waals surface area contributed by atoms with Gasteiger partial charge in [-0.3, -0.25) is 0 Å². The van der Waals surface area contributed by atoms with Crippen molar-refractivity contribution in [3.63, 3.8) is 0 Å². The summed E-state index contributed by atoms with van der Waals surface area (Å²) in [6.07, 6.45) is 13.1. The number of hydrogen-bond donors (Lipinski definition) is 1. The summed E-state index contributed by atoms with van der Waals surface area (Å²) in [5.41, 5.74) is 0. The third-order valence-corrected chi connectivity index (χ3v) is 2.58. The Bertz CT molecular complexity index is 129. The van der Waals surface area contributed by atoms with E-state index in [9.17, 15) is 0 Å². The van der Waals surface area contributed by atoms with Crippen molar-refractivity contribution in [1.29, 1.82) is 0 Å². The topological polar surface area (TPSA) is 20.2 Å². The summed E-state index contributed by atoms with van der Waals surface area (Å²) < 4.78 is 0. The Morgan fingerprint density at radius 1 is 1.07 bits per heavy atom. The van der Waals surface area contributed by atoms with Gasteiger partial charge in [-0.1, -0.05) is 38.8 Å². The average molecular weight is 198 g/mol. The molecule has 0 aromatic carbocycles. The van der Waals surface area contributed by atoms with Crippen LogP contribution in [0.15, 0.2) is 12.2 Å². The summed E-state index contributed by atoms with van der Waals surface area (Å²) in [5.74, 6) is 0.789. The van der Waals surface area contributed by atoms with E-state index in [-0.39, 0.29) is 0 Å². The zero-order valence-electron chi connectivity index (χ0n) is 9.84. The van der Waals surface area contributed by atoms with E-state index in [1.54, 1.807) is 0 Å². The van der Waals surface area contributed by atoms with Crippen LogP contribution in [0.3, 0.4) is 0 Å². The smallest absolute Gasteiger partial charge is 0.0431 e. The van der Waals surface area contributed by atoms with Crippen molar-refractivity contribution < 1.29 is 5.11 Å². The van der Waals surface area contributed by atoms with E-state index in [0.717, 1.165) is 18.8 Å². The molecule has 0 amide bonds. The van der Waals surface area contributed by atoms with Crippen LogP contribution in [0.4, 0.5) is 0 Å². The molecule has 0 radical (unpaired) electrons. The first-order chi connectivity index (χ1) is 6.81. The molecule has 1 N–H and O–H groups in total. The van der Waals surface area contributed by atoms with E-state index in [1.165, 1.54) is 32.1 Å². The van der Waals surface area contributed by atoms with E-state index in [4.69, 9.17) is 5.11 Å². The quantitative estimate of drug-likeness (QED) is 0.440. The van der Waals surface area contributed by atoms with Gasteiger partial charge in [0.25, 0.3) is 0 Å². The van der Waals surface area contributed by atoms with Crippen molar-refractivity contribution in [3.8, 4) is 0 Å². The first kappa shape index (κ1) is 13.7. The molecular weight excluding hydrogens is 172 g/mol. The van der Waals surface area contributed by atoms with Gasteiger partial charge in [-0.05, 0) is 38.0 Å². The molecule has 0 heterocycles. The fourth-order valence-corrected chi connectivity index (χ4v) is 1.62. The minimum absolute atomic E-state index is 0.351. The molecule has 0 fully saturated rings. The zero-order chi connectivity index (χ0) is 10.6. The minimum Gasteiger partial charge on any atom is -0.396 e. The fourth-order valence-electron chi connectivity index (χ4n) is 1.62. The Hall–Kier alpha value is -0.300. The number of aliphatic hydroxyl groups excluding tert-OH is 1. The predicted molar refractivity (Wildman–Crippen MR) is 63.4 cm³/mol. The van der Waals surface area contributed by atoms with E-state index < -0.39 is 0 Å². The lowest BCUT2D eigenvalue weighted by molar-refractivity contribution is 0.271. The lowest BCUT2D eigenvalue weighted by atomic mass is 9.98. The molecule has 0 aliphatic carbocycles. The van der Waals surface area contributed by atoms with Crippen LogP contribution in [0.25, 0.3) is 0 Å². The van der Waals surface area contributed by atoms with Crippen molar-refractivity contribution >= 4 is 0 Å². The van der Waals surface area contributed by atoms with Crippen molar-refractivity contribution in [1.82, 2.24) is 0 Å². The maximum absolute atomic E-state index is 8.67. The Balaban J connectivity index is 3.14. The molecule has 0 aliphatic heterocycles. The first-order valence-electron chi connectivity index (χ1n) is 6.07. The van der Waals surface area contributed by atoms with Crippen LogP contribution < -0.4 is 0 Å². The monoisotopic (exact) mass is 198 g/mol. The lowest BCUT2D eigenvalue weighted by Crippen LogP contribution is -1.96. The molecule has 0 rings (SSSR count). The molecule has 0 spiro atoms. The number of unbranched alkanes of at least 4 members (excludes halogenated alkanes) is 2. The molecule has 1 unspecified atom stereocenters. The highest BCUT2D eigenvalue weighted by molar-refractivity contribution is 4.79. The second-order valence-electron chi connectivity index (χ2n) is 4.14. The van der Waals surface area contributed by atoms with Crippen LogP contribution >= 0.6 is 0 Å². The molecule has 0 bridgehead atoms. The third kappa shape index (κ3) is 9.79. The van der Waals surface area contributed by atoms with E-state index >= 15 is 0 Å². The number of rotatable bonds is 9. The maximum atomic E-state index is 8.67. The second-order valence-corrected chi connectivity index (χ2v) is 4.14. The van der Waals surface area contributed by atoms with E-state index in [1.807, 2.05) is 0 Å². The van der Waals surface area contributed by atoms with Gasteiger partial charge in [-0.15, -0.1) is 0 Å². The SMILES string of the molecule is CC/C=C/CCCCC(C)CCCO. The standard InChI is InChI=1S/C13H26O/c1-3-4-5-6-7-8-10-13(2)11-9-12-14/h4-5,13-14H,3,6-12H2,1-2H3/b5-4+. The van der Waals surface area contributed by atoms with Gasteiger partial charge < -0.3 is 5.11 Å². The molecule has 0 saturated heterocycles. The Morgan fingerprint density at radius 2 is 1.79 bits per heavy atom. The lowest BCUT2D eigenvalue weighted by Gasteiger charge is -2.09. The molecule has 1 atom stereocenters. The highest BCUT2D eigenvalue weighted by Crippen LogP contribution is 2.14. The predicted octanol–water partition coefficient (Wildman–Crippen LogP) is 3.92. The fraction of sp³-hybridized carbons (Fsp3) is 0.846. The van der Waals surface area contributed by atoms with Crippen LogP contribution in [-0.4, -0.2) is 11.7 Å². The Labute approximate surface area is 89.2 Å². The molecule has 1 nitrogen and oxygen atoms in total. The molecular formula is C13H26O. The molecule has 0 aliphatic rings. The maximum Gasteiger partial charge on any atom is 0.0431 e. The summed E-state index contributed by atoms with van der Waals surface area (Å²) in [4.78, 5) is 0. The Morgan fingerprint density at radius 3 is 2.43 bits per heavy atom. The van der Waals surface area contributed by atoms with Gasteiger partial charge in [0.1, 0.15) is 0 Å². The van der Waals surface area contributed by atoms with E-state index in [2.05, 4.69) is 26.0 Å². The molecule has 0 aromatic rings. The van der Waals surface area contributed by atoms with Crippen molar-refractivity contribution in [2.45, 2.75) is 58.8 Å². The summed E-state index contributed by atoms with van der Waals surface area (Å²) in [7, 11) is 0. The largest absolute Gasteiger partial charge is 0.396 e. The average Bonchev–Trinajstić information content (AvgIpc) is 2.20. The number of allylic oxidation sites excluding steroid dienone is 2. The van der Waals surface area contributed by atoms with Gasteiger partial charge in [0, 0.05) is 6.61 Å². The minimum atomic E-state index is 0.351. The Kier molecular flexibility index (Phi) is 10.5. The molecule has 1 heteroatoms. The zero-order valence-corrected chi connectivity index (χ0v) is 9.84. The van der Waals surface area contributed by atoms with Gasteiger partial charge in [0.05, 0.1) is 0 Å². The molecule has 0 aromatic heterocycles. The van der Waals surface area contributed by atoms with Gasteiger partial charge in [0.2, 0.25) is 0 Å². The van der Waals surface area contributed by atoms with Crippen LogP contribution in [0.1, 0.15) is 58.8 Å². The third-order valence-electron chi connectivity index (χ3n) is 2.58. The summed E-state index contributed by atoms with van der Waals surface area (Å²) in [6.45, 7) is 4.81. The highest BCUT2D eigenvalue weighted by atomic mass is 16.2. The van der Waals surface area contributed by atoms with Crippen molar-refractivity contribution in [3.05, 3.63) is 12.2 Å². The highest BCUT2D eigenvalue weighted by Gasteiger charge is 2.00. The molecule has 84 valence electrons. The van der Waals surface area contributed by atoms with Crippen molar-refractivity contribution in [2.75, 3.05) is 6.61 Å². The number of aliphatic hydroxyl groups is 1. The van der Waals surface area contributed by atoms with E-state index in [0.29, 0.717) is 6.61 Å². The normalized spacial score (nSPS) is 13.6. The van der Waals surface area contributed by atoms with Crippen molar-refractivity contribution in [2.24, 2.45) is 5.92 Å². The summed E-state index contributed by atoms with van der Waals surface area (Å²) in [5, 5.41) is 8.67. The molecule has 0 saturated carbocycles. The summed E-state index contributed by atoms with van der Waals surface area (Å²) >= 11 is 0. The molecule has 14 heavy (non-hydrogen) atoms. The van der Waals surface area contributed by atoms with Gasteiger partial charge in [-0.25, -0.2) is 0 Å². The number of hydrogen-bond acceptors (Lipinski definition) is 1.